The van der Waals surface area contributed by atoms with Crippen molar-refractivity contribution in [1.29, 1.82) is 0 Å². The molecule has 2 fully saturated rings. The van der Waals surface area contributed by atoms with Gasteiger partial charge in [0.05, 0.1) is 0 Å². The molecule has 0 amide bonds. The molecule has 0 heterocycles. The molecule has 4 unspecified atom stereocenters. The van der Waals surface area contributed by atoms with Crippen LogP contribution in [0.4, 0.5) is 0 Å². The fourth-order valence-corrected chi connectivity index (χ4v) is 5.98. The number of likely N-dealkylation sites (N-methyl/N-ethyl adjacent to an activating group) is 1. The minimum absolute atomic E-state index is 0.348. The van der Waals surface area contributed by atoms with E-state index < -0.39 is 10.8 Å². The molecule has 2 rings (SSSR count). The number of aliphatic imine (C=N–C) groups is 1. The third-order valence-electron chi connectivity index (χ3n) is 6.18. The lowest BCUT2D eigenvalue weighted by Crippen LogP contribution is -2.51. The van der Waals surface area contributed by atoms with Crippen LogP contribution in [0.2, 0.25) is 0 Å². The topological polar surface area (TPSA) is 56.7 Å². The van der Waals surface area contributed by atoms with Gasteiger partial charge in [0.25, 0.3) is 0 Å². The Morgan fingerprint density at radius 1 is 1.15 bits per heavy atom. The molecule has 2 aliphatic rings. The summed E-state index contributed by atoms with van der Waals surface area (Å²) in [5.74, 6) is 2.46. The van der Waals surface area contributed by atoms with Crippen LogP contribution in [0.1, 0.15) is 64.7 Å². The van der Waals surface area contributed by atoms with Crippen molar-refractivity contribution in [2.45, 2.75) is 82.0 Å². The highest BCUT2D eigenvalue weighted by Crippen LogP contribution is 2.28. The van der Waals surface area contributed by atoms with Gasteiger partial charge >= 0.3 is 0 Å². The maximum Gasteiger partial charge on any atom is 0.191 e. The van der Waals surface area contributed by atoms with Gasteiger partial charge in [0.2, 0.25) is 0 Å². The molecule has 0 spiro atoms. The van der Waals surface area contributed by atoms with E-state index in [-0.39, 0.29) is 0 Å². The summed E-state index contributed by atoms with van der Waals surface area (Å²) in [6.07, 6.45) is 11.3. The Balaban J connectivity index is 1.85. The van der Waals surface area contributed by atoms with Gasteiger partial charge in [-0.15, -0.1) is 0 Å². The molecule has 0 aromatic heterocycles. The summed E-state index contributed by atoms with van der Waals surface area (Å²) in [7, 11) is 5.57. The van der Waals surface area contributed by atoms with Crippen molar-refractivity contribution in [3.05, 3.63) is 0 Å². The molecule has 6 heteroatoms. The zero-order valence-electron chi connectivity index (χ0n) is 17.3. The Morgan fingerprint density at radius 3 is 2.50 bits per heavy atom. The molecule has 0 aromatic rings. The summed E-state index contributed by atoms with van der Waals surface area (Å²) in [6, 6.07) is 0.948. The van der Waals surface area contributed by atoms with E-state index in [1.54, 1.807) is 0 Å². The number of hydrogen-bond donors (Lipinski definition) is 2. The minimum atomic E-state index is -0.679. The molecule has 26 heavy (non-hydrogen) atoms. The Bertz CT molecular complexity index is 463. The van der Waals surface area contributed by atoms with Crippen LogP contribution in [0.25, 0.3) is 0 Å². The Morgan fingerprint density at radius 2 is 1.88 bits per heavy atom. The summed E-state index contributed by atoms with van der Waals surface area (Å²) in [5.41, 5.74) is 0. The van der Waals surface area contributed by atoms with Crippen LogP contribution < -0.4 is 10.6 Å². The number of rotatable bonds is 7. The van der Waals surface area contributed by atoms with E-state index in [0.717, 1.165) is 49.9 Å². The second-order valence-electron chi connectivity index (χ2n) is 8.18. The molecule has 4 atom stereocenters. The Hall–Kier alpha value is -0.620. The van der Waals surface area contributed by atoms with Gasteiger partial charge in [-0.3, -0.25) is 9.20 Å². The van der Waals surface area contributed by atoms with Crippen LogP contribution >= 0.6 is 0 Å². The molecule has 0 saturated heterocycles. The maximum absolute atomic E-state index is 12.2. The lowest BCUT2D eigenvalue weighted by molar-refractivity contribution is 0.171. The smallest absolute Gasteiger partial charge is 0.191 e. The van der Waals surface area contributed by atoms with Gasteiger partial charge in [0, 0.05) is 47.5 Å². The molecule has 2 aliphatic carbocycles. The summed E-state index contributed by atoms with van der Waals surface area (Å²) in [6.45, 7) is 2.97. The molecule has 0 aliphatic heterocycles. The van der Waals surface area contributed by atoms with Crippen molar-refractivity contribution >= 4 is 16.8 Å². The number of guanidine groups is 1. The lowest BCUT2D eigenvalue weighted by Gasteiger charge is -2.36. The quantitative estimate of drug-likeness (QED) is 0.523. The first-order valence-electron chi connectivity index (χ1n) is 10.6. The van der Waals surface area contributed by atoms with Crippen LogP contribution in [0, 0.1) is 5.92 Å². The fraction of sp³-hybridized carbons (Fsp3) is 0.950. The van der Waals surface area contributed by atoms with E-state index in [9.17, 15) is 4.21 Å². The van der Waals surface area contributed by atoms with E-state index in [2.05, 4.69) is 34.6 Å². The van der Waals surface area contributed by atoms with E-state index in [1.165, 1.54) is 32.1 Å². The Labute approximate surface area is 163 Å². The van der Waals surface area contributed by atoms with Crippen LogP contribution in [-0.4, -0.2) is 65.8 Å². The van der Waals surface area contributed by atoms with E-state index in [4.69, 9.17) is 0 Å². The molecule has 2 saturated carbocycles. The van der Waals surface area contributed by atoms with Crippen LogP contribution in [0.5, 0.6) is 0 Å². The highest BCUT2D eigenvalue weighted by atomic mass is 32.2. The number of hydrogen-bond acceptors (Lipinski definition) is 3. The molecule has 0 aromatic carbocycles. The molecule has 5 nitrogen and oxygen atoms in total. The van der Waals surface area contributed by atoms with Gasteiger partial charge in [-0.25, -0.2) is 0 Å². The highest BCUT2D eigenvalue weighted by molar-refractivity contribution is 7.85. The number of nitrogens with zero attached hydrogens (tertiary/aromatic N) is 2. The van der Waals surface area contributed by atoms with Gasteiger partial charge in [0.1, 0.15) is 0 Å². The van der Waals surface area contributed by atoms with Crippen molar-refractivity contribution in [2.24, 2.45) is 10.9 Å². The monoisotopic (exact) mass is 384 g/mol. The van der Waals surface area contributed by atoms with Crippen LogP contribution in [0.3, 0.4) is 0 Å². The minimum Gasteiger partial charge on any atom is -0.355 e. The standard InChI is InChI=1S/C20H40N4OS/c1-5-26(25)18-13-9-12-17(14-18)23-20(21-2)22-15-19(24(3)4)16-10-7-6-8-11-16/h16-19H,5-15H2,1-4H3,(H2,21,22,23). The molecule has 0 bridgehead atoms. The molecular weight excluding hydrogens is 344 g/mol. The Kier molecular flexibility index (Phi) is 9.40. The third-order valence-corrected chi connectivity index (χ3v) is 7.92. The molecule has 2 N–H and O–H groups in total. The summed E-state index contributed by atoms with van der Waals surface area (Å²) >= 11 is 0. The SMILES string of the molecule is CCS(=O)C1CCCC(NC(=NC)NCC(C2CCCCC2)N(C)C)C1. The van der Waals surface area contributed by atoms with Crippen LogP contribution in [-0.2, 0) is 10.8 Å². The first-order valence-corrected chi connectivity index (χ1v) is 11.9. The number of nitrogens with one attached hydrogen (secondary N) is 2. The zero-order valence-corrected chi connectivity index (χ0v) is 18.1. The second-order valence-corrected chi connectivity index (χ2v) is 10.2. The van der Waals surface area contributed by atoms with Gasteiger partial charge in [-0.2, -0.15) is 0 Å². The highest BCUT2D eigenvalue weighted by Gasteiger charge is 2.28. The molecule has 152 valence electrons. The van der Waals surface area contributed by atoms with Crippen molar-refractivity contribution in [3.63, 3.8) is 0 Å². The molecular formula is C20H40N4OS. The van der Waals surface area contributed by atoms with E-state index in [1.807, 2.05) is 14.0 Å². The fourth-order valence-electron chi connectivity index (χ4n) is 4.63. The normalized spacial score (nSPS) is 28.0. The summed E-state index contributed by atoms with van der Waals surface area (Å²) in [5, 5.41) is 7.52. The van der Waals surface area contributed by atoms with Crippen LogP contribution in [0.15, 0.2) is 4.99 Å². The first-order chi connectivity index (χ1) is 12.5. The summed E-state index contributed by atoms with van der Waals surface area (Å²) < 4.78 is 12.2. The van der Waals surface area contributed by atoms with Crippen molar-refractivity contribution < 1.29 is 4.21 Å². The van der Waals surface area contributed by atoms with Crippen molar-refractivity contribution in [3.8, 4) is 0 Å². The second kappa shape index (κ2) is 11.3. The van der Waals surface area contributed by atoms with Gasteiger partial charge in [0.15, 0.2) is 5.96 Å². The maximum atomic E-state index is 12.2. The average Bonchev–Trinajstić information content (AvgIpc) is 2.67. The van der Waals surface area contributed by atoms with Gasteiger partial charge in [-0.1, -0.05) is 32.6 Å². The lowest BCUT2D eigenvalue weighted by atomic mass is 9.83. The summed E-state index contributed by atoms with van der Waals surface area (Å²) in [4.78, 5) is 6.82. The largest absolute Gasteiger partial charge is 0.355 e. The molecule has 0 radical (unpaired) electrons. The predicted octanol–water partition coefficient (Wildman–Crippen LogP) is 2.74. The van der Waals surface area contributed by atoms with E-state index in [0.29, 0.717) is 17.3 Å². The first kappa shape index (κ1) is 21.7. The van der Waals surface area contributed by atoms with Gasteiger partial charge in [-0.05, 0) is 52.1 Å². The predicted molar refractivity (Wildman–Crippen MR) is 113 cm³/mol. The third kappa shape index (κ3) is 6.52. The van der Waals surface area contributed by atoms with Gasteiger partial charge < -0.3 is 15.5 Å². The zero-order chi connectivity index (χ0) is 18.9. The average molecular weight is 385 g/mol. The van der Waals surface area contributed by atoms with E-state index >= 15 is 0 Å². The van der Waals surface area contributed by atoms with Crippen molar-refractivity contribution in [1.82, 2.24) is 15.5 Å². The van der Waals surface area contributed by atoms with Crippen molar-refractivity contribution in [2.75, 3.05) is 33.4 Å².